The predicted octanol–water partition coefficient (Wildman–Crippen LogP) is 3.42. The van der Waals surface area contributed by atoms with E-state index in [1.807, 2.05) is 0 Å². The second-order valence-corrected chi connectivity index (χ2v) is 7.11. The molecule has 8 heteroatoms. The summed E-state index contributed by atoms with van der Waals surface area (Å²) in [5.41, 5.74) is 0.471. The number of rotatable bonds is 4. The van der Waals surface area contributed by atoms with Gasteiger partial charge in [0.15, 0.2) is 11.6 Å². The largest absolute Gasteiger partial charge is 0.494 e. The first-order chi connectivity index (χ1) is 14.3. The first kappa shape index (κ1) is 19.7. The van der Waals surface area contributed by atoms with Gasteiger partial charge in [0.1, 0.15) is 0 Å². The molecule has 0 amide bonds. The van der Waals surface area contributed by atoms with E-state index in [1.54, 1.807) is 25.1 Å². The van der Waals surface area contributed by atoms with E-state index in [2.05, 4.69) is 0 Å². The molecule has 0 spiro atoms. The van der Waals surface area contributed by atoms with E-state index < -0.39 is 29.3 Å². The number of ether oxygens (including phenoxy) is 1. The van der Waals surface area contributed by atoms with Crippen LogP contribution in [0, 0.1) is 0 Å². The van der Waals surface area contributed by atoms with Crippen LogP contribution in [0.15, 0.2) is 42.5 Å². The Kier molecular flexibility index (Phi) is 4.83. The Labute approximate surface area is 176 Å². The van der Waals surface area contributed by atoms with E-state index in [9.17, 15) is 24.6 Å². The summed E-state index contributed by atoms with van der Waals surface area (Å²) in [5, 5.41) is 21.6. The van der Waals surface area contributed by atoms with Crippen LogP contribution in [0.1, 0.15) is 44.3 Å². The SMILES string of the molecule is CCOC(=O)Cc1ccc(-n2c(O)c3c(c2O)C(=O)c2ccccc2C3=O)c(Cl)c1. The van der Waals surface area contributed by atoms with Crippen molar-refractivity contribution in [2.24, 2.45) is 0 Å². The van der Waals surface area contributed by atoms with Gasteiger partial charge >= 0.3 is 5.97 Å². The molecular weight excluding hydrogens is 410 g/mol. The van der Waals surface area contributed by atoms with E-state index in [4.69, 9.17) is 16.3 Å². The van der Waals surface area contributed by atoms with Crippen molar-refractivity contribution < 1.29 is 29.3 Å². The molecule has 0 fully saturated rings. The molecule has 1 heterocycles. The van der Waals surface area contributed by atoms with Gasteiger partial charge in [-0.2, -0.15) is 0 Å². The molecule has 1 aliphatic carbocycles. The molecule has 152 valence electrons. The van der Waals surface area contributed by atoms with Crippen LogP contribution in [0.2, 0.25) is 5.02 Å². The monoisotopic (exact) mass is 425 g/mol. The molecule has 1 aliphatic rings. The molecule has 0 aliphatic heterocycles. The molecule has 0 bridgehead atoms. The molecule has 0 saturated heterocycles. The second kappa shape index (κ2) is 7.35. The van der Waals surface area contributed by atoms with Gasteiger partial charge in [-0.15, -0.1) is 0 Å². The lowest BCUT2D eigenvalue weighted by atomic mass is 9.86. The summed E-state index contributed by atoms with van der Waals surface area (Å²) >= 11 is 6.33. The highest BCUT2D eigenvalue weighted by Gasteiger charge is 2.39. The Hall–Kier alpha value is -3.58. The van der Waals surface area contributed by atoms with Crippen LogP contribution in [0.4, 0.5) is 0 Å². The first-order valence-electron chi connectivity index (χ1n) is 9.14. The number of nitrogens with zero attached hydrogens (tertiary/aromatic N) is 1. The quantitative estimate of drug-likeness (QED) is 0.485. The molecule has 3 aromatic rings. The number of benzene rings is 2. The van der Waals surface area contributed by atoms with Gasteiger partial charge in [0.05, 0.1) is 34.9 Å². The predicted molar refractivity (Wildman–Crippen MR) is 108 cm³/mol. The van der Waals surface area contributed by atoms with Crippen molar-refractivity contribution in [3.05, 3.63) is 75.3 Å². The average Bonchev–Trinajstić information content (AvgIpc) is 2.97. The van der Waals surface area contributed by atoms with E-state index >= 15 is 0 Å². The number of hydrogen-bond acceptors (Lipinski definition) is 6. The normalized spacial score (nSPS) is 12.5. The Morgan fingerprint density at radius 1 is 1.00 bits per heavy atom. The number of aromatic hydroxyl groups is 2. The van der Waals surface area contributed by atoms with Gasteiger partial charge in [-0.3, -0.25) is 14.4 Å². The van der Waals surface area contributed by atoms with Crippen LogP contribution in [0.25, 0.3) is 5.69 Å². The van der Waals surface area contributed by atoms with Gasteiger partial charge in [-0.1, -0.05) is 41.9 Å². The summed E-state index contributed by atoms with van der Waals surface area (Å²) in [5.74, 6) is -2.73. The van der Waals surface area contributed by atoms with Crippen LogP contribution in [0.3, 0.4) is 0 Å². The molecule has 2 N–H and O–H groups in total. The van der Waals surface area contributed by atoms with Gasteiger partial charge < -0.3 is 14.9 Å². The molecule has 1 aromatic heterocycles. The molecule has 0 radical (unpaired) electrons. The van der Waals surface area contributed by atoms with E-state index in [-0.39, 0.29) is 46.0 Å². The van der Waals surface area contributed by atoms with E-state index in [1.165, 1.54) is 24.3 Å². The van der Waals surface area contributed by atoms with E-state index in [0.717, 1.165) is 4.57 Å². The molecule has 7 nitrogen and oxygen atoms in total. The van der Waals surface area contributed by atoms with Crippen LogP contribution in [0.5, 0.6) is 11.8 Å². The van der Waals surface area contributed by atoms with Gasteiger partial charge in [-0.05, 0) is 24.6 Å². The van der Waals surface area contributed by atoms with Crippen molar-refractivity contribution in [3.63, 3.8) is 0 Å². The maximum Gasteiger partial charge on any atom is 0.310 e. The number of hydrogen-bond donors (Lipinski definition) is 2. The van der Waals surface area contributed by atoms with Crippen LogP contribution in [-0.2, 0) is 16.0 Å². The van der Waals surface area contributed by atoms with Crippen LogP contribution >= 0.6 is 11.6 Å². The maximum absolute atomic E-state index is 12.9. The Morgan fingerprint density at radius 3 is 2.07 bits per heavy atom. The zero-order valence-electron chi connectivity index (χ0n) is 15.8. The zero-order valence-corrected chi connectivity index (χ0v) is 16.6. The number of aromatic nitrogens is 1. The highest BCUT2D eigenvalue weighted by Crippen LogP contribution is 2.43. The fourth-order valence-electron chi connectivity index (χ4n) is 3.57. The van der Waals surface area contributed by atoms with Crippen molar-refractivity contribution in [1.29, 1.82) is 0 Å². The summed E-state index contributed by atoms with van der Waals surface area (Å²) in [6.45, 7) is 1.96. The summed E-state index contributed by atoms with van der Waals surface area (Å²) in [4.78, 5) is 37.4. The topological polar surface area (TPSA) is 106 Å². The fourth-order valence-corrected chi connectivity index (χ4v) is 3.86. The zero-order chi connectivity index (χ0) is 21.6. The van der Waals surface area contributed by atoms with Gasteiger partial charge in [0.2, 0.25) is 11.8 Å². The molecule has 0 atom stereocenters. The highest BCUT2D eigenvalue weighted by atomic mass is 35.5. The third-order valence-corrected chi connectivity index (χ3v) is 5.20. The number of ketones is 2. The maximum atomic E-state index is 12.9. The van der Waals surface area contributed by atoms with Crippen LogP contribution < -0.4 is 0 Å². The molecule has 2 aromatic carbocycles. The third kappa shape index (κ3) is 2.95. The summed E-state index contributed by atoms with van der Waals surface area (Å²) in [6, 6.07) is 10.7. The van der Waals surface area contributed by atoms with E-state index in [0.29, 0.717) is 5.56 Å². The van der Waals surface area contributed by atoms with Crippen molar-refractivity contribution in [2.75, 3.05) is 6.61 Å². The average molecular weight is 426 g/mol. The summed E-state index contributed by atoms with van der Waals surface area (Å²) in [7, 11) is 0. The third-order valence-electron chi connectivity index (χ3n) is 4.90. The lowest BCUT2D eigenvalue weighted by Gasteiger charge is -2.13. The Morgan fingerprint density at radius 2 is 1.57 bits per heavy atom. The minimum Gasteiger partial charge on any atom is -0.494 e. The van der Waals surface area contributed by atoms with Crippen LogP contribution in [-0.4, -0.2) is 38.9 Å². The van der Waals surface area contributed by atoms with Gasteiger partial charge in [-0.25, -0.2) is 4.57 Å². The second-order valence-electron chi connectivity index (χ2n) is 6.70. The first-order valence-corrected chi connectivity index (χ1v) is 9.52. The number of carbonyl (C=O) groups is 3. The van der Waals surface area contributed by atoms with Crippen molar-refractivity contribution in [1.82, 2.24) is 4.57 Å². The number of esters is 1. The van der Waals surface area contributed by atoms with Crippen molar-refractivity contribution in [3.8, 4) is 17.4 Å². The summed E-state index contributed by atoms with van der Waals surface area (Å²) < 4.78 is 5.85. The summed E-state index contributed by atoms with van der Waals surface area (Å²) in [6.07, 6.45) is 0.000262. The minimum atomic E-state index is -0.588. The Balaban J connectivity index is 1.82. The Bertz CT molecular complexity index is 1170. The molecule has 30 heavy (non-hydrogen) atoms. The molecular formula is C22H16ClNO6. The van der Waals surface area contributed by atoms with Crippen molar-refractivity contribution in [2.45, 2.75) is 13.3 Å². The molecule has 4 rings (SSSR count). The lowest BCUT2D eigenvalue weighted by molar-refractivity contribution is -0.142. The lowest BCUT2D eigenvalue weighted by Crippen LogP contribution is -2.19. The number of halogens is 1. The fraction of sp³-hybridized carbons (Fsp3) is 0.136. The number of carbonyl (C=O) groups excluding carboxylic acids is 3. The van der Waals surface area contributed by atoms with Gasteiger partial charge in [0.25, 0.3) is 0 Å². The highest BCUT2D eigenvalue weighted by molar-refractivity contribution is 6.33. The molecule has 0 saturated carbocycles. The minimum absolute atomic E-state index is 0.000262. The van der Waals surface area contributed by atoms with Gasteiger partial charge in [0, 0.05) is 11.1 Å². The van der Waals surface area contributed by atoms with Crippen molar-refractivity contribution >= 4 is 29.1 Å². The number of fused-ring (bicyclic) bond motifs is 2. The molecule has 0 unspecified atom stereocenters. The standard InChI is InChI=1S/C22H16ClNO6/c1-2-30-16(25)10-11-7-8-15(14(23)9-11)24-21(28)17-18(22(24)29)20(27)13-6-4-3-5-12(13)19(17)26/h3-9,28-29H,2,10H2,1H3. The smallest absolute Gasteiger partial charge is 0.310 e.